The van der Waals surface area contributed by atoms with E-state index in [9.17, 15) is 27.6 Å². The predicted octanol–water partition coefficient (Wildman–Crippen LogP) is 2.27. The largest absolute Gasteiger partial charge is 0.442 e. The fourth-order valence-corrected chi connectivity index (χ4v) is 4.06. The van der Waals surface area contributed by atoms with Crippen molar-refractivity contribution in [2.75, 3.05) is 54.4 Å². The van der Waals surface area contributed by atoms with Crippen LogP contribution in [0.5, 0.6) is 0 Å². The third kappa shape index (κ3) is 5.92. The summed E-state index contributed by atoms with van der Waals surface area (Å²) in [5, 5.41) is 7.92. The highest BCUT2D eigenvalue weighted by Crippen LogP contribution is 2.28. The molecule has 1 unspecified atom stereocenters. The normalized spacial score (nSPS) is 18.5. The zero-order chi connectivity index (χ0) is 24.9. The Morgan fingerprint density at radius 1 is 1.26 bits per heavy atom. The molecule has 0 spiro atoms. The van der Waals surface area contributed by atoms with Gasteiger partial charge in [-0.25, -0.2) is 24.0 Å². The lowest BCUT2D eigenvalue weighted by Crippen LogP contribution is -2.37. The zero-order valence-corrected chi connectivity index (χ0v) is 19.0. The number of thiazole rings is 1. The number of rotatable bonds is 6. The smallest absolute Gasteiger partial charge is 0.414 e. The van der Waals surface area contributed by atoms with Crippen molar-refractivity contribution in [2.45, 2.75) is 12.5 Å². The fraction of sp³-hybridized carbons (Fsp3) is 0.400. The van der Waals surface area contributed by atoms with Crippen molar-refractivity contribution in [1.29, 1.82) is 0 Å². The molecule has 2 aliphatic rings. The van der Waals surface area contributed by atoms with Gasteiger partial charge in [0, 0.05) is 24.7 Å². The molecule has 4 rings (SSSR count). The van der Waals surface area contributed by atoms with Crippen molar-refractivity contribution in [3.63, 3.8) is 0 Å². The molecular weight excluding hydrogens is 493 g/mol. The van der Waals surface area contributed by atoms with Crippen molar-refractivity contribution in [3.05, 3.63) is 35.6 Å². The van der Waals surface area contributed by atoms with Crippen LogP contribution in [0.15, 0.2) is 29.8 Å². The van der Waals surface area contributed by atoms with E-state index in [0.717, 1.165) is 16.0 Å². The van der Waals surface area contributed by atoms with Crippen LogP contribution in [0, 0.1) is 5.82 Å². The third-order valence-corrected chi connectivity index (χ3v) is 5.90. The molecule has 15 heteroatoms. The highest BCUT2D eigenvalue weighted by Gasteiger charge is 2.33. The Morgan fingerprint density at radius 2 is 2.09 bits per heavy atom. The van der Waals surface area contributed by atoms with E-state index in [0.29, 0.717) is 18.2 Å². The van der Waals surface area contributed by atoms with Crippen LogP contribution in [-0.4, -0.2) is 79.9 Å². The first-order valence-electron chi connectivity index (χ1n) is 10.5. The van der Waals surface area contributed by atoms with E-state index >= 15 is 0 Å². The Hall–Kier alpha value is -3.59. The lowest BCUT2D eigenvalue weighted by molar-refractivity contribution is -0.132. The van der Waals surface area contributed by atoms with Crippen molar-refractivity contribution >= 4 is 45.9 Å². The molecule has 188 valence electrons. The highest BCUT2D eigenvalue weighted by atomic mass is 32.1. The summed E-state index contributed by atoms with van der Waals surface area (Å²) < 4.78 is 44.7. The predicted molar refractivity (Wildman–Crippen MR) is 119 cm³/mol. The van der Waals surface area contributed by atoms with Crippen molar-refractivity contribution in [2.24, 2.45) is 0 Å². The van der Waals surface area contributed by atoms with Crippen LogP contribution in [-0.2, 0) is 14.4 Å². The molecule has 2 aromatic rings. The zero-order valence-electron chi connectivity index (χ0n) is 18.2. The Balaban J connectivity index is 1.35. The number of carbonyl (C=O) groups is 3. The number of halogens is 3. The standard InChI is InChI=1S/C20H21F3N6O5S/c21-14-9-12(28-11-13(34-20(28)32)10-25-17(30)16(22)23)1-2-15(14)27-4-5-29(33-7-6-27)19(31)26-18-24-3-8-35-18/h1-3,8-9,13,16H,4-7,10-11H2,(H,25,30)(H,24,26,31). The van der Waals surface area contributed by atoms with Gasteiger partial charge in [-0.2, -0.15) is 8.78 Å². The Morgan fingerprint density at radius 3 is 2.80 bits per heavy atom. The van der Waals surface area contributed by atoms with E-state index in [1.54, 1.807) is 16.5 Å². The minimum atomic E-state index is -3.17. The van der Waals surface area contributed by atoms with Crippen LogP contribution in [0.1, 0.15) is 0 Å². The number of hydrogen-bond donors (Lipinski definition) is 2. The molecule has 11 nitrogen and oxygen atoms in total. The molecule has 4 amide bonds. The van der Waals surface area contributed by atoms with E-state index in [1.807, 2.05) is 5.32 Å². The average Bonchev–Trinajstić information content (AvgIpc) is 3.39. The summed E-state index contributed by atoms with van der Waals surface area (Å²) in [7, 11) is 0. The van der Waals surface area contributed by atoms with Gasteiger partial charge in [0.1, 0.15) is 11.9 Å². The molecule has 1 atom stereocenters. The fourth-order valence-electron chi connectivity index (χ4n) is 3.54. The lowest BCUT2D eigenvalue weighted by atomic mass is 10.2. The van der Waals surface area contributed by atoms with E-state index in [4.69, 9.17) is 9.57 Å². The van der Waals surface area contributed by atoms with Gasteiger partial charge in [-0.05, 0) is 18.2 Å². The molecule has 2 saturated heterocycles. The Labute approximate surface area is 201 Å². The van der Waals surface area contributed by atoms with Gasteiger partial charge in [0.15, 0.2) is 5.13 Å². The summed E-state index contributed by atoms with van der Waals surface area (Å²) in [6, 6.07) is 3.70. The van der Waals surface area contributed by atoms with Gasteiger partial charge in [-0.3, -0.25) is 19.8 Å². The maximum absolute atomic E-state index is 15.0. The number of ether oxygens (including phenoxy) is 1. The molecule has 0 radical (unpaired) electrons. The molecule has 0 aliphatic carbocycles. The van der Waals surface area contributed by atoms with Crippen molar-refractivity contribution in [1.82, 2.24) is 15.4 Å². The minimum Gasteiger partial charge on any atom is -0.442 e. The molecule has 3 heterocycles. The van der Waals surface area contributed by atoms with E-state index in [-0.39, 0.29) is 37.6 Å². The van der Waals surface area contributed by atoms with Crippen LogP contribution in [0.25, 0.3) is 0 Å². The van der Waals surface area contributed by atoms with Crippen LogP contribution in [0.2, 0.25) is 0 Å². The number of carbonyl (C=O) groups excluding carboxylic acids is 3. The second-order valence-corrected chi connectivity index (χ2v) is 8.38. The number of nitrogens with zero attached hydrogens (tertiary/aromatic N) is 4. The number of cyclic esters (lactones) is 1. The monoisotopic (exact) mass is 514 g/mol. The maximum Gasteiger partial charge on any atom is 0.414 e. The van der Waals surface area contributed by atoms with Gasteiger partial charge in [-0.15, -0.1) is 11.3 Å². The molecule has 2 N–H and O–H groups in total. The molecule has 1 aromatic heterocycles. The average molecular weight is 514 g/mol. The number of hydrogen-bond acceptors (Lipinski definition) is 8. The number of anilines is 3. The van der Waals surface area contributed by atoms with E-state index < -0.39 is 36.4 Å². The number of aromatic nitrogens is 1. The number of nitrogens with one attached hydrogen (secondary N) is 2. The molecule has 0 bridgehead atoms. The van der Waals surface area contributed by atoms with Crippen LogP contribution >= 0.6 is 11.3 Å². The summed E-state index contributed by atoms with van der Waals surface area (Å²) >= 11 is 1.27. The van der Waals surface area contributed by atoms with Gasteiger partial charge in [0.05, 0.1) is 37.6 Å². The van der Waals surface area contributed by atoms with Crippen LogP contribution in [0.4, 0.5) is 39.3 Å². The number of benzene rings is 1. The van der Waals surface area contributed by atoms with Gasteiger partial charge >= 0.3 is 18.5 Å². The summed E-state index contributed by atoms with van der Waals surface area (Å²) in [5.74, 6) is -2.07. The second-order valence-electron chi connectivity index (χ2n) is 7.49. The topological polar surface area (TPSA) is 116 Å². The summed E-state index contributed by atoms with van der Waals surface area (Å²) in [6.07, 6.45) is -3.24. The number of urea groups is 1. The Bertz CT molecular complexity index is 1080. The number of alkyl halides is 2. The first kappa shape index (κ1) is 24.5. The molecule has 2 aliphatic heterocycles. The lowest BCUT2D eigenvalue weighted by Gasteiger charge is -2.23. The Kier molecular flexibility index (Phi) is 7.55. The van der Waals surface area contributed by atoms with Crippen LogP contribution in [0.3, 0.4) is 0 Å². The van der Waals surface area contributed by atoms with Crippen molar-refractivity contribution < 1.29 is 37.1 Å². The van der Waals surface area contributed by atoms with Gasteiger partial charge in [0.2, 0.25) is 0 Å². The van der Waals surface area contributed by atoms with E-state index in [2.05, 4.69) is 10.3 Å². The van der Waals surface area contributed by atoms with Crippen LogP contribution < -0.4 is 20.4 Å². The summed E-state index contributed by atoms with van der Waals surface area (Å²) in [5.41, 5.74) is 0.474. The molecule has 35 heavy (non-hydrogen) atoms. The molecule has 1 aromatic carbocycles. The number of amides is 4. The quantitative estimate of drug-likeness (QED) is 0.608. The molecule has 0 saturated carbocycles. The molecule has 2 fully saturated rings. The first-order chi connectivity index (χ1) is 16.8. The summed E-state index contributed by atoms with van der Waals surface area (Å²) in [4.78, 5) is 47.9. The van der Waals surface area contributed by atoms with Crippen molar-refractivity contribution in [3.8, 4) is 0 Å². The SMILES string of the molecule is O=C(NCC1CN(c2ccc(N3CCON(C(=O)Nc4nccs4)CC3)c(F)c2)C(=O)O1)C(F)F. The third-order valence-electron chi connectivity index (χ3n) is 5.21. The first-order valence-corrected chi connectivity index (χ1v) is 11.4. The highest BCUT2D eigenvalue weighted by molar-refractivity contribution is 7.13. The van der Waals surface area contributed by atoms with Gasteiger partial charge in [0.25, 0.3) is 5.91 Å². The molecular formula is C20H21F3N6O5S. The maximum atomic E-state index is 15.0. The number of hydroxylamine groups is 2. The van der Waals surface area contributed by atoms with Gasteiger partial charge < -0.3 is 15.0 Å². The second kappa shape index (κ2) is 10.8. The summed E-state index contributed by atoms with van der Waals surface area (Å²) in [6.45, 7) is 0.586. The minimum absolute atomic E-state index is 0.0398. The van der Waals surface area contributed by atoms with E-state index in [1.165, 1.54) is 23.5 Å². The van der Waals surface area contributed by atoms with Gasteiger partial charge in [-0.1, -0.05) is 0 Å².